The van der Waals surface area contributed by atoms with Crippen molar-refractivity contribution >= 4 is 11.9 Å². The Morgan fingerprint density at radius 1 is 1.64 bits per heavy atom. The lowest BCUT2D eigenvalue weighted by Crippen LogP contribution is -2.52. The number of hydrogen-bond donors (Lipinski definition) is 0. The van der Waals surface area contributed by atoms with E-state index in [0.717, 1.165) is 0 Å². The largest absolute Gasteiger partial charge is 0.467 e. The Bertz CT molecular complexity index is 251. The smallest absolute Gasteiger partial charge is 0.331 e. The van der Waals surface area contributed by atoms with E-state index in [1.165, 1.54) is 18.1 Å². The average molecular weight is 199 g/mol. The van der Waals surface area contributed by atoms with Crippen LogP contribution in [0, 0.1) is 0 Å². The number of nitrogens with zero attached hydrogens (tertiary/aromatic N) is 1. The molecular weight excluding hydrogens is 186 g/mol. The van der Waals surface area contributed by atoms with Gasteiger partial charge in [0.25, 0.3) is 0 Å². The van der Waals surface area contributed by atoms with Gasteiger partial charge in [-0.05, 0) is 6.08 Å². The minimum Gasteiger partial charge on any atom is -0.467 e. The lowest BCUT2D eigenvalue weighted by Gasteiger charge is -2.32. The van der Waals surface area contributed by atoms with Crippen LogP contribution in [0.3, 0.4) is 0 Å². The normalized spacial score (nSPS) is 21.5. The highest BCUT2D eigenvalue weighted by molar-refractivity contribution is 5.91. The van der Waals surface area contributed by atoms with Gasteiger partial charge in [0.05, 0.1) is 20.3 Å². The second-order valence-corrected chi connectivity index (χ2v) is 2.85. The van der Waals surface area contributed by atoms with Crippen molar-refractivity contribution in [3.05, 3.63) is 12.7 Å². The molecular formula is C9H13NO4. The standard InChI is InChI=1S/C9H13NO4/c1-3-8(11)10-4-5-14-6-7(10)9(12)13-2/h3,7H,1,4-6H2,2H3. The highest BCUT2D eigenvalue weighted by Gasteiger charge is 2.32. The average Bonchev–Trinajstić information content (AvgIpc) is 2.27. The quantitative estimate of drug-likeness (QED) is 0.447. The van der Waals surface area contributed by atoms with Crippen molar-refractivity contribution in [1.82, 2.24) is 4.90 Å². The van der Waals surface area contributed by atoms with E-state index in [1.54, 1.807) is 0 Å². The first-order valence-corrected chi connectivity index (χ1v) is 4.29. The molecule has 1 rings (SSSR count). The molecule has 1 unspecified atom stereocenters. The van der Waals surface area contributed by atoms with Gasteiger partial charge in [-0.25, -0.2) is 4.79 Å². The van der Waals surface area contributed by atoms with Gasteiger partial charge < -0.3 is 14.4 Å². The van der Waals surface area contributed by atoms with Crippen LogP contribution in [0.25, 0.3) is 0 Å². The minimum atomic E-state index is -0.640. The molecule has 78 valence electrons. The maximum atomic E-state index is 11.3. The zero-order valence-electron chi connectivity index (χ0n) is 8.06. The second-order valence-electron chi connectivity index (χ2n) is 2.85. The molecule has 0 radical (unpaired) electrons. The van der Waals surface area contributed by atoms with Crippen molar-refractivity contribution in [3.63, 3.8) is 0 Å². The topological polar surface area (TPSA) is 55.8 Å². The SMILES string of the molecule is C=CC(=O)N1CCOCC1C(=O)OC. The lowest BCUT2D eigenvalue weighted by atomic mass is 10.2. The fourth-order valence-electron chi connectivity index (χ4n) is 1.32. The van der Waals surface area contributed by atoms with Crippen LogP contribution in [0.1, 0.15) is 0 Å². The molecule has 0 aromatic carbocycles. The molecule has 5 heteroatoms. The Hall–Kier alpha value is -1.36. The van der Waals surface area contributed by atoms with Crippen LogP contribution in [0.15, 0.2) is 12.7 Å². The molecule has 1 amide bonds. The Balaban J connectivity index is 2.73. The van der Waals surface area contributed by atoms with E-state index in [4.69, 9.17) is 4.74 Å². The third kappa shape index (κ3) is 2.11. The van der Waals surface area contributed by atoms with Gasteiger partial charge in [-0.3, -0.25) is 4.79 Å². The summed E-state index contributed by atoms with van der Waals surface area (Å²) in [7, 11) is 1.29. The number of hydrogen-bond acceptors (Lipinski definition) is 4. The molecule has 1 aliphatic heterocycles. The number of carbonyl (C=O) groups is 2. The third-order valence-electron chi connectivity index (χ3n) is 2.06. The van der Waals surface area contributed by atoms with Gasteiger partial charge in [0, 0.05) is 6.54 Å². The summed E-state index contributed by atoms with van der Waals surface area (Å²) in [5, 5.41) is 0. The lowest BCUT2D eigenvalue weighted by molar-refractivity contribution is -0.158. The molecule has 1 fully saturated rings. The summed E-state index contributed by atoms with van der Waals surface area (Å²) in [5.74, 6) is -0.733. The zero-order chi connectivity index (χ0) is 10.6. The van der Waals surface area contributed by atoms with Gasteiger partial charge >= 0.3 is 5.97 Å². The molecule has 14 heavy (non-hydrogen) atoms. The monoisotopic (exact) mass is 199 g/mol. The Morgan fingerprint density at radius 2 is 2.36 bits per heavy atom. The summed E-state index contributed by atoms with van der Waals surface area (Å²) in [5.41, 5.74) is 0. The molecule has 1 atom stereocenters. The van der Waals surface area contributed by atoms with Crippen molar-refractivity contribution < 1.29 is 19.1 Å². The summed E-state index contributed by atoms with van der Waals surface area (Å²) in [6.45, 7) is 4.39. The van der Waals surface area contributed by atoms with Gasteiger partial charge in [-0.15, -0.1) is 0 Å². The first-order valence-electron chi connectivity index (χ1n) is 4.29. The first-order chi connectivity index (χ1) is 6.70. The maximum Gasteiger partial charge on any atom is 0.331 e. The van der Waals surface area contributed by atoms with Crippen molar-refractivity contribution in [2.75, 3.05) is 26.9 Å². The van der Waals surface area contributed by atoms with Crippen molar-refractivity contribution in [2.24, 2.45) is 0 Å². The summed E-state index contributed by atoms with van der Waals surface area (Å²) >= 11 is 0. The number of carbonyl (C=O) groups excluding carboxylic acids is 2. The van der Waals surface area contributed by atoms with Crippen LogP contribution < -0.4 is 0 Å². The van der Waals surface area contributed by atoms with Gasteiger partial charge in [-0.2, -0.15) is 0 Å². The fraction of sp³-hybridized carbons (Fsp3) is 0.556. The Labute approximate surface area is 82.3 Å². The number of amides is 1. The van der Waals surface area contributed by atoms with E-state index in [0.29, 0.717) is 13.2 Å². The van der Waals surface area contributed by atoms with E-state index in [9.17, 15) is 9.59 Å². The number of rotatable bonds is 2. The highest BCUT2D eigenvalue weighted by Crippen LogP contribution is 2.08. The fourth-order valence-corrected chi connectivity index (χ4v) is 1.32. The third-order valence-corrected chi connectivity index (χ3v) is 2.06. The molecule has 0 saturated carbocycles. The van der Waals surface area contributed by atoms with Gasteiger partial charge in [0.15, 0.2) is 6.04 Å². The van der Waals surface area contributed by atoms with Crippen molar-refractivity contribution in [2.45, 2.75) is 6.04 Å². The summed E-state index contributed by atoms with van der Waals surface area (Å²) in [6.07, 6.45) is 1.18. The summed E-state index contributed by atoms with van der Waals surface area (Å²) in [4.78, 5) is 24.0. The highest BCUT2D eigenvalue weighted by atomic mass is 16.5. The van der Waals surface area contributed by atoms with E-state index in [-0.39, 0.29) is 12.5 Å². The minimum absolute atomic E-state index is 0.187. The first kappa shape index (κ1) is 10.7. The van der Waals surface area contributed by atoms with Gasteiger partial charge in [0.1, 0.15) is 0 Å². The van der Waals surface area contributed by atoms with Crippen LogP contribution >= 0.6 is 0 Å². The maximum absolute atomic E-state index is 11.3. The van der Waals surface area contributed by atoms with E-state index < -0.39 is 12.0 Å². The number of esters is 1. The predicted molar refractivity (Wildman–Crippen MR) is 48.5 cm³/mol. The van der Waals surface area contributed by atoms with Crippen molar-refractivity contribution in [1.29, 1.82) is 0 Å². The van der Waals surface area contributed by atoms with Crippen LogP contribution in [-0.2, 0) is 19.1 Å². The number of ether oxygens (including phenoxy) is 2. The molecule has 0 aromatic heterocycles. The summed E-state index contributed by atoms with van der Waals surface area (Å²) < 4.78 is 9.67. The molecule has 1 aliphatic rings. The van der Waals surface area contributed by atoms with Crippen LogP contribution in [-0.4, -0.2) is 49.7 Å². The summed E-state index contributed by atoms with van der Waals surface area (Å²) in [6, 6.07) is -0.640. The van der Waals surface area contributed by atoms with E-state index in [1.807, 2.05) is 0 Å². The molecule has 1 heterocycles. The molecule has 0 aromatic rings. The predicted octanol–water partition coefficient (Wildman–Crippen LogP) is -0.427. The van der Waals surface area contributed by atoms with Gasteiger partial charge in [0.2, 0.25) is 5.91 Å². The van der Waals surface area contributed by atoms with E-state index in [2.05, 4.69) is 11.3 Å². The zero-order valence-corrected chi connectivity index (χ0v) is 8.06. The van der Waals surface area contributed by atoms with Crippen LogP contribution in [0.5, 0.6) is 0 Å². The van der Waals surface area contributed by atoms with Gasteiger partial charge in [-0.1, -0.05) is 6.58 Å². The molecule has 0 aliphatic carbocycles. The molecule has 5 nitrogen and oxygen atoms in total. The molecule has 0 spiro atoms. The number of morpholine rings is 1. The van der Waals surface area contributed by atoms with Crippen LogP contribution in [0.2, 0.25) is 0 Å². The second kappa shape index (κ2) is 4.76. The molecule has 0 bridgehead atoms. The molecule has 0 N–H and O–H groups in total. The Kier molecular flexibility index (Phi) is 3.64. The van der Waals surface area contributed by atoms with Crippen LogP contribution in [0.4, 0.5) is 0 Å². The molecule has 1 saturated heterocycles. The Morgan fingerprint density at radius 3 is 2.93 bits per heavy atom. The van der Waals surface area contributed by atoms with Crippen molar-refractivity contribution in [3.8, 4) is 0 Å². The van der Waals surface area contributed by atoms with E-state index >= 15 is 0 Å². The number of methoxy groups -OCH3 is 1.